The van der Waals surface area contributed by atoms with Crippen LogP contribution in [0.5, 0.6) is 0 Å². The van der Waals surface area contributed by atoms with E-state index in [0.717, 1.165) is 26.7 Å². The van der Waals surface area contributed by atoms with Crippen LogP contribution in [0.1, 0.15) is 35.1 Å². The molecule has 3 unspecified atom stereocenters. The molecule has 13 heteroatoms. The molecule has 3 N–H and O–H groups in total. The van der Waals surface area contributed by atoms with Gasteiger partial charge in [0.25, 0.3) is 0 Å². The molecule has 0 radical (unpaired) electrons. The molecule has 338 valence electrons. The Balaban J connectivity index is 1.21. The summed E-state index contributed by atoms with van der Waals surface area (Å²) in [7, 11) is 0. The third kappa shape index (κ3) is 12.0. The Morgan fingerprint density at radius 1 is 0.656 bits per heavy atom. The Morgan fingerprint density at radius 2 is 1.17 bits per heavy atom. The molecule has 8 rings (SSSR count). The number of rotatable bonds is 21. The zero-order chi connectivity index (χ0) is 44.1. The third-order valence-corrected chi connectivity index (χ3v) is 14.6. The summed E-state index contributed by atoms with van der Waals surface area (Å²) in [4.78, 5) is 12.8. The molecule has 0 saturated carbocycles. The zero-order valence-electron chi connectivity index (χ0n) is 35.5. The number of benzene rings is 5. The molecule has 12 nitrogen and oxygen atoms in total. The van der Waals surface area contributed by atoms with E-state index >= 15 is 0 Å². The van der Waals surface area contributed by atoms with Crippen LogP contribution in [0.2, 0.25) is 5.32 Å². The Labute approximate surface area is 380 Å². The van der Waals surface area contributed by atoms with Gasteiger partial charge < -0.3 is 0 Å². The number of fused-ring (bicyclic) bond motifs is 1. The third-order valence-electron chi connectivity index (χ3n) is 11.9. The van der Waals surface area contributed by atoms with Gasteiger partial charge in [0.05, 0.1) is 0 Å². The van der Waals surface area contributed by atoms with Crippen LogP contribution in [0.4, 0.5) is 4.79 Å². The summed E-state index contributed by atoms with van der Waals surface area (Å²) < 4.78 is 53.9. The second kappa shape index (κ2) is 22.6. The van der Waals surface area contributed by atoms with Crippen LogP contribution < -0.4 is 4.46 Å². The van der Waals surface area contributed by atoms with Gasteiger partial charge in [0, 0.05) is 0 Å². The predicted octanol–water partition coefficient (Wildman–Crippen LogP) is 5.92. The van der Waals surface area contributed by atoms with E-state index in [1.807, 2.05) is 140 Å². The molecule has 11 atom stereocenters. The molecule has 64 heavy (non-hydrogen) atoms. The van der Waals surface area contributed by atoms with Crippen molar-refractivity contribution in [3.63, 3.8) is 0 Å². The molecule has 5 aromatic rings. The SMILES string of the molecule is O=C1O[C@@H]2C([C@H](O)[C@H](O)CO)O[C@@](C[Se]c3ccccc3)(CC3C(OCc4ccccc4)[C@H](OCc4ccccc4)O[C@@H](COCc4ccccc4)[C@@H]3OCc3ccccc3)C[C@H]2O1. The van der Waals surface area contributed by atoms with Crippen LogP contribution >= 0.6 is 0 Å². The first-order valence-corrected chi connectivity index (χ1v) is 23.9. The Hall–Kier alpha value is -4.47. The van der Waals surface area contributed by atoms with Gasteiger partial charge in [-0.05, 0) is 0 Å². The van der Waals surface area contributed by atoms with E-state index in [-0.39, 0.29) is 54.2 Å². The van der Waals surface area contributed by atoms with Gasteiger partial charge in [-0.15, -0.1) is 0 Å². The van der Waals surface area contributed by atoms with E-state index in [1.54, 1.807) is 0 Å². The van der Waals surface area contributed by atoms with Crippen LogP contribution in [0.15, 0.2) is 152 Å². The molecule has 0 amide bonds. The molecule has 0 bridgehead atoms. The van der Waals surface area contributed by atoms with E-state index in [1.165, 1.54) is 0 Å². The van der Waals surface area contributed by atoms with E-state index in [9.17, 15) is 20.1 Å². The molecule has 3 fully saturated rings. The standard InChI is InChI=1S/C51H56O12Se/c52-28-41(53)44(54)48-47-42(61-50(55)62-47)27-51(63-48,34-64-39-24-14-5-15-25-39)26-40-45(57-30-36-18-8-2-9-19-36)43(33-56-29-35-16-6-1-7-17-35)60-49(59-32-38-22-12-4-13-23-38)46(40)58-31-37-20-10-3-11-21-37/h1-25,40-49,52-54H,26-34H2/t40?,41-,42-,43+,44-,45-,46?,47+,48?,49-,51+/m1/s1. The van der Waals surface area contributed by atoms with Crippen LogP contribution in [0, 0.1) is 5.92 Å². The first-order valence-electron chi connectivity index (χ1n) is 21.8. The summed E-state index contributed by atoms with van der Waals surface area (Å²) in [5.74, 6) is -0.519. The topological polar surface area (TPSA) is 152 Å². The number of hydrogen-bond acceptors (Lipinski definition) is 12. The summed E-state index contributed by atoms with van der Waals surface area (Å²) in [6.45, 7) is 0.490. The zero-order valence-corrected chi connectivity index (χ0v) is 37.2. The van der Waals surface area contributed by atoms with Crippen molar-refractivity contribution in [2.75, 3.05) is 13.2 Å². The molecule has 3 saturated heterocycles. The summed E-state index contributed by atoms with van der Waals surface area (Å²) in [5.41, 5.74) is 2.76. The van der Waals surface area contributed by atoms with Gasteiger partial charge in [0.1, 0.15) is 0 Å². The Kier molecular flexibility index (Phi) is 16.3. The Bertz CT molecular complexity index is 2140. The molecular formula is C51H56O12Se. The van der Waals surface area contributed by atoms with Gasteiger partial charge in [-0.3, -0.25) is 0 Å². The van der Waals surface area contributed by atoms with Crippen molar-refractivity contribution < 1.29 is 58.0 Å². The first-order chi connectivity index (χ1) is 31.4. The molecule has 3 aliphatic rings. The number of carbonyl (C=O) groups excluding carboxylic acids is 1. The monoisotopic (exact) mass is 940 g/mol. The van der Waals surface area contributed by atoms with Crippen LogP contribution in [0.3, 0.4) is 0 Å². The van der Waals surface area contributed by atoms with E-state index in [2.05, 4.69) is 12.1 Å². The molecule has 0 aliphatic carbocycles. The van der Waals surface area contributed by atoms with E-state index < -0.39 is 79.4 Å². The van der Waals surface area contributed by atoms with Crippen molar-refractivity contribution in [2.45, 2.75) is 105 Å². The maximum atomic E-state index is 12.8. The van der Waals surface area contributed by atoms with Gasteiger partial charge >= 0.3 is 376 Å². The van der Waals surface area contributed by atoms with E-state index in [4.69, 9.17) is 37.9 Å². The van der Waals surface area contributed by atoms with Crippen molar-refractivity contribution in [1.29, 1.82) is 0 Å². The Morgan fingerprint density at radius 3 is 1.73 bits per heavy atom. The fraction of sp³-hybridized carbons (Fsp3) is 0.392. The molecule has 0 spiro atoms. The van der Waals surface area contributed by atoms with Crippen LogP contribution in [-0.2, 0) is 64.3 Å². The molecule has 0 aromatic heterocycles. The molecular weight excluding hydrogens is 884 g/mol. The molecule has 5 aromatic carbocycles. The van der Waals surface area contributed by atoms with Gasteiger partial charge in [-0.2, -0.15) is 0 Å². The van der Waals surface area contributed by atoms with Gasteiger partial charge in [0.15, 0.2) is 0 Å². The second-order valence-electron chi connectivity index (χ2n) is 16.5. The summed E-state index contributed by atoms with van der Waals surface area (Å²) in [6.07, 6.45) is -9.63. The van der Waals surface area contributed by atoms with E-state index in [0.29, 0.717) is 11.9 Å². The minimum atomic E-state index is -1.61. The van der Waals surface area contributed by atoms with Crippen LogP contribution in [0.25, 0.3) is 0 Å². The van der Waals surface area contributed by atoms with Gasteiger partial charge in [0.2, 0.25) is 0 Å². The van der Waals surface area contributed by atoms with Crippen molar-refractivity contribution in [2.24, 2.45) is 5.92 Å². The first kappa shape index (κ1) is 46.1. The quantitative estimate of drug-likeness (QED) is 0.0593. The number of carbonyl (C=O) groups is 1. The molecule has 3 aliphatic heterocycles. The van der Waals surface area contributed by atoms with Gasteiger partial charge in [-0.1, -0.05) is 6.07 Å². The van der Waals surface area contributed by atoms with Crippen molar-refractivity contribution in [3.8, 4) is 0 Å². The number of aliphatic hydroxyl groups is 3. The van der Waals surface area contributed by atoms with Crippen molar-refractivity contribution in [3.05, 3.63) is 174 Å². The number of hydrogen-bond donors (Lipinski definition) is 3. The normalized spacial score (nSPS) is 27.5. The van der Waals surface area contributed by atoms with Crippen molar-refractivity contribution in [1.82, 2.24) is 0 Å². The fourth-order valence-electron chi connectivity index (χ4n) is 8.73. The summed E-state index contributed by atoms with van der Waals surface area (Å²) in [6, 6.07) is 49.7. The number of aliphatic hydroxyl groups excluding tert-OH is 3. The minimum absolute atomic E-state index is 0.156. The van der Waals surface area contributed by atoms with Gasteiger partial charge in [-0.25, -0.2) is 0 Å². The fourth-order valence-corrected chi connectivity index (χ4v) is 11.0. The average Bonchev–Trinajstić information content (AvgIpc) is 3.72. The van der Waals surface area contributed by atoms with Crippen LogP contribution in [-0.4, -0.2) is 110 Å². The maximum absolute atomic E-state index is 12.8. The predicted molar refractivity (Wildman–Crippen MR) is 237 cm³/mol. The summed E-state index contributed by atoms with van der Waals surface area (Å²) in [5, 5.41) is 32.9. The average molecular weight is 940 g/mol. The van der Waals surface area contributed by atoms with Crippen molar-refractivity contribution >= 4 is 25.6 Å². The summed E-state index contributed by atoms with van der Waals surface area (Å²) >= 11 is -0.185. The molecule has 3 heterocycles. The number of ether oxygens (including phenoxy) is 8. The second-order valence-corrected chi connectivity index (χ2v) is 18.7.